The van der Waals surface area contributed by atoms with Crippen LogP contribution in [0.2, 0.25) is 0 Å². The Labute approximate surface area is 110 Å². The first-order valence-electron chi connectivity index (χ1n) is 7.29. The molecule has 0 aromatic carbocycles. The molecular weight excluding hydrogens is 228 g/mol. The SMILES string of the molecule is CC1(OCC(=O)NCCCC2CCCC2)CNC1. The summed E-state index contributed by atoms with van der Waals surface area (Å²) >= 11 is 0. The summed E-state index contributed by atoms with van der Waals surface area (Å²) in [6.45, 7) is 4.73. The number of nitrogens with one attached hydrogen (secondary N) is 2. The molecule has 4 heteroatoms. The van der Waals surface area contributed by atoms with Gasteiger partial charge in [0, 0.05) is 19.6 Å². The lowest BCUT2D eigenvalue weighted by atomic mass is 10.0. The van der Waals surface area contributed by atoms with E-state index in [4.69, 9.17) is 4.74 Å². The second-order valence-electron chi connectivity index (χ2n) is 5.98. The van der Waals surface area contributed by atoms with Crippen LogP contribution in [0.4, 0.5) is 0 Å². The van der Waals surface area contributed by atoms with Crippen molar-refractivity contribution < 1.29 is 9.53 Å². The Balaban J connectivity index is 1.46. The van der Waals surface area contributed by atoms with Crippen molar-refractivity contribution >= 4 is 5.91 Å². The molecule has 4 nitrogen and oxygen atoms in total. The molecular formula is C14H26N2O2. The zero-order chi connectivity index (χ0) is 12.8. The smallest absolute Gasteiger partial charge is 0.246 e. The summed E-state index contributed by atoms with van der Waals surface area (Å²) in [5.74, 6) is 0.938. The molecule has 0 bridgehead atoms. The Kier molecular flexibility index (Phi) is 5.01. The molecule has 0 aromatic heterocycles. The highest BCUT2D eigenvalue weighted by atomic mass is 16.5. The second kappa shape index (κ2) is 6.53. The molecule has 0 aromatic rings. The van der Waals surface area contributed by atoms with Crippen LogP contribution in [0.15, 0.2) is 0 Å². The lowest BCUT2D eigenvalue weighted by Crippen LogP contribution is -2.59. The van der Waals surface area contributed by atoms with Crippen LogP contribution in [0.25, 0.3) is 0 Å². The second-order valence-corrected chi connectivity index (χ2v) is 5.98. The van der Waals surface area contributed by atoms with Gasteiger partial charge in [0.2, 0.25) is 5.91 Å². The highest BCUT2D eigenvalue weighted by molar-refractivity contribution is 5.77. The van der Waals surface area contributed by atoms with Crippen molar-refractivity contribution in [1.82, 2.24) is 10.6 Å². The maximum absolute atomic E-state index is 11.6. The molecule has 2 aliphatic rings. The van der Waals surface area contributed by atoms with Crippen molar-refractivity contribution in [2.45, 2.75) is 51.0 Å². The van der Waals surface area contributed by atoms with E-state index < -0.39 is 0 Å². The van der Waals surface area contributed by atoms with E-state index in [1.54, 1.807) is 0 Å². The third-order valence-electron chi connectivity index (χ3n) is 4.14. The highest BCUT2D eigenvalue weighted by Gasteiger charge is 2.32. The average molecular weight is 254 g/mol. The van der Waals surface area contributed by atoms with Gasteiger partial charge in [-0.1, -0.05) is 25.7 Å². The predicted octanol–water partition coefficient (Wildman–Crippen LogP) is 1.45. The molecule has 1 aliphatic heterocycles. The van der Waals surface area contributed by atoms with Crippen molar-refractivity contribution in [3.8, 4) is 0 Å². The van der Waals surface area contributed by atoms with Gasteiger partial charge >= 0.3 is 0 Å². The minimum atomic E-state index is -0.124. The number of carbonyl (C=O) groups excluding carboxylic acids is 1. The molecule has 104 valence electrons. The lowest BCUT2D eigenvalue weighted by molar-refractivity contribution is -0.135. The van der Waals surface area contributed by atoms with Crippen LogP contribution in [0.5, 0.6) is 0 Å². The highest BCUT2D eigenvalue weighted by Crippen LogP contribution is 2.28. The van der Waals surface area contributed by atoms with Gasteiger partial charge in [-0.2, -0.15) is 0 Å². The van der Waals surface area contributed by atoms with Crippen molar-refractivity contribution in [2.75, 3.05) is 26.2 Å². The summed E-state index contributed by atoms with van der Waals surface area (Å²) in [7, 11) is 0. The Bertz CT molecular complexity index is 271. The fraction of sp³-hybridized carbons (Fsp3) is 0.929. The number of carbonyl (C=O) groups is 1. The third kappa shape index (κ3) is 4.25. The van der Waals surface area contributed by atoms with Gasteiger partial charge < -0.3 is 15.4 Å². The van der Waals surface area contributed by atoms with E-state index in [2.05, 4.69) is 10.6 Å². The molecule has 2 fully saturated rings. The van der Waals surface area contributed by atoms with Gasteiger partial charge in [-0.05, 0) is 25.7 Å². The maximum atomic E-state index is 11.6. The zero-order valence-corrected chi connectivity index (χ0v) is 11.5. The summed E-state index contributed by atoms with van der Waals surface area (Å²) in [4.78, 5) is 11.6. The Morgan fingerprint density at radius 2 is 2.11 bits per heavy atom. The average Bonchev–Trinajstić information content (AvgIpc) is 2.82. The molecule has 2 N–H and O–H groups in total. The molecule has 1 aliphatic carbocycles. The number of hydrogen-bond donors (Lipinski definition) is 2. The standard InChI is InChI=1S/C14H26N2O2/c1-14(10-15-11-14)18-9-13(17)16-8-4-7-12-5-2-3-6-12/h12,15H,2-11H2,1H3,(H,16,17). The minimum Gasteiger partial charge on any atom is -0.363 e. The van der Waals surface area contributed by atoms with Crippen LogP contribution >= 0.6 is 0 Å². The first kappa shape index (κ1) is 13.8. The fourth-order valence-electron chi connectivity index (χ4n) is 2.79. The van der Waals surface area contributed by atoms with Crippen LogP contribution in [-0.2, 0) is 9.53 Å². The van der Waals surface area contributed by atoms with E-state index in [0.717, 1.165) is 32.0 Å². The number of amides is 1. The van der Waals surface area contributed by atoms with Crippen LogP contribution in [0.3, 0.4) is 0 Å². The molecule has 0 spiro atoms. The molecule has 1 saturated carbocycles. The summed E-state index contributed by atoms with van der Waals surface area (Å²) in [6.07, 6.45) is 7.96. The molecule has 0 atom stereocenters. The van der Waals surface area contributed by atoms with Crippen LogP contribution in [0, 0.1) is 5.92 Å². The molecule has 2 rings (SSSR count). The van der Waals surface area contributed by atoms with Gasteiger partial charge in [0.15, 0.2) is 0 Å². The summed E-state index contributed by atoms with van der Waals surface area (Å²) in [5, 5.41) is 6.10. The summed E-state index contributed by atoms with van der Waals surface area (Å²) in [5.41, 5.74) is -0.124. The van der Waals surface area contributed by atoms with E-state index in [1.165, 1.54) is 32.1 Å². The van der Waals surface area contributed by atoms with Gasteiger partial charge in [-0.3, -0.25) is 4.79 Å². The third-order valence-corrected chi connectivity index (χ3v) is 4.14. The van der Waals surface area contributed by atoms with Gasteiger partial charge in [0.1, 0.15) is 6.61 Å². The number of hydrogen-bond acceptors (Lipinski definition) is 3. The Morgan fingerprint density at radius 3 is 2.72 bits per heavy atom. The van der Waals surface area contributed by atoms with Crippen LogP contribution in [0.1, 0.15) is 45.4 Å². The topological polar surface area (TPSA) is 50.4 Å². The molecule has 1 amide bonds. The van der Waals surface area contributed by atoms with Gasteiger partial charge in [-0.25, -0.2) is 0 Å². The van der Waals surface area contributed by atoms with Gasteiger partial charge in [-0.15, -0.1) is 0 Å². The summed E-state index contributed by atoms with van der Waals surface area (Å²) in [6, 6.07) is 0. The largest absolute Gasteiger partial charge is 0.363 e. The fourth-order valence-corrected chi connectivity index (χ4v) is 2.79. The van der Waals surface area contributed by atoms with Crippen molar-refractivity contribution in [3.05, 3.63) is 0 Å². The predicted molar refractivity (Wildman–Crippen MR) is 71.4 cm³/mol. The van der Waals surface area contributed by atoms with Gasteiger partial charge in [0.05, 0.1) is 5.60 Å². The van der Waals surface area contributed by atoms with Crippen LogP contribution < -0.4 is 10.6 Å². The lowest BCUT2D eigenvalue weighted by Gasteiger charge is -2.38. The van der Waals surface area contributed by atoms with Crippen LogP contribution in [-0.4, -0.2) is 37.7 Å². The zero-order valence-electron chi connectivity index (χ0n) is 11.5. The van der Waals surface area contributed by atoms with E-state index in [0.29, 0.717) is 0 Å². The van der Waals surface area contributed by atoms with Crippen molar-refractivity contribution in [3.63, 3.8) is 0 Å². The monoisotopic (exact) mass is 254 g/mol. The molecule has 0 radical (unpaired) electrons. The summed E-state index contributed by atoms with van der Waals surface area (Å²) < 4.78 is 5.58. The van der Waals surface area contributed by atoms with Crippen molar-refractivity contribution in [1.29, 1.82) is 0 Å². The van der Waals surface area contributed by atoms with Crippen molar-refractivity contribution in [2.24, 2.45) is 5.92 Å². The first-order chi connectivity index (χ1) is 8.68. The minimum absolute atomic E-state index is 0.0227. The number of ether oxygens (including phenoxy) is 1. The molecule has 0 unspecified atom stereocenters. The Hall–Kier alpha value is -0.610. The molecule has 1 saturated heterocycles. The van der Waals surface area contributed by atoms with E-state index in [9.17, 15) is 4.79 Å². The molecule has 1 heterocycles. The quantitative estimate of drug-likeness (QED) is 0.676. The maximum Gasteiger partial charge on any atom is 0.246 e. The van der Waals surface area contributed by atoms with E-state index >= 15 is 0 Å². The van der Waals surface area contributed by atoms with Gasteiger partial charge in [0.25, 0.3) is 0 Å². The van der Waals surface area contributed by atoms with E-state index in [1.807, 2.05) is 6.92 Å². The number of rotatable bonds is 7. The molecule has 18 heavy (non-hydrogen) atoms. The first-order valence-corrected chi connectivity index (χ1v) is 7.29. The normalized spacial score (nSPS) is 22.7. The Morgan fingerprint density at radius 1 is 1.39 bits per heavy atom. The van der Waals surface area contributed by atoms with E-state index in [-0.39, 0.29) is 18.1 Å².